The largest absolute Gasteiger partial charge is 0.380 e. The molecule has 0 aliphatic carbocycles. The number of anilines is 1. The molecule has 0 unspecified atom stereocenters. The summed E-state index contributed by atoms with van der Waals surface area (Å²) in [4.78, 5) is 12.7. The molecule has 1 N–H and O–H groups in total. The van der Waals surface area contributed by atoms with E-state index in [0.29, 0.717) is 18.3 Å². The summed E-state index contributed by atoms with van der Waals surface area (Å²) in [5.41, 5.74) is 1.80. The van der Waals surface area contributed by atoms with Crippen molar-refractivity contribution in [1.82, 2.24) is 4.90 Å². The smallest absolute Gasteiger partial charge is 0.292 e. The SMILES string of the molecule is CCNc1cc(CN(C)C(C)C)ccc1[N+](=O)[O-]. The third kappa shape index (κ3) is 3.70. The second-order valence-electron chi connectivity index (χ2n) is 4.65. The second kappa shape index (κ2) is 6.35. The van der Waals surface area contributed by atoms with Gasteiger partial charge in [-0.05, 0) is 39.4 Å². The Morgan fingerprint density at radius 1 is 1.44 bits per heavy atom. The van der Waals surface area contributed by atoms with Gasteiger partial charge in [0.1, 0.15) is 5.69 Å². The lowest BCUT2D eigenvalue weighted by atomic mass is 10.1. The van der Waals surface area contributed by atoms with E-state index in [1.165, 1.54) is 0 Å². The molecule has 0 aliphatic rings. The first-order valence-corrected chi connectivity index (χ1v) is 6.17. The van der Waals surface area contributed by atoms with E-state index in [1.807, 2.05) is 26.1 Å². The molecule has 0 radical (unpaired) electrons. The summed E-state index contributed by atoms with van der Waals surface area (Å²) in [5, 5.41) is 13.9. The topological polar surface area (TPSA) is 58.4 Å². The van der Waals surface area contributed by atoms with Crippen molar-refractivity contribution >= 4 is 11.4 Å². The van der Waals surface area contributed by atoms with Crippen molar-refractivity contribution < 1.29 is 4.92 Å². The highest BCUT2D eigenvalue weighted by atomic mass is 16.6. The van der Waals surface area contributed by atoms with Gasteiger partial charge in [0, 0.05) is 25.2 Å². The zero-order valence-electron chi connectivity index (χ0n) is 11.4. The Morgan fingerprint density at radius 2 is 2.11 bits per heavy atom. The van der Waals surface area contributed by atoms with Crippen molar-refractivity contribution in [3.05, 3.63) is 33.9 Å². The molecular weight excluding hydrogens is 230 g/mol. The molecule has 0 amide bonds. The van der Waals surface area contributed by atoms with Gasteiger partial charge in [-0.15, -0.1) is 0 Å². The van der Waals surface area contributed by atoms with Crippen LogP contribution in [0.4, 0.5) is 11.4 Å². The number of nitrogens with zero attached hydrogens (tertiary/aromatic N) is 2. The van der Waals surface area contributed by atoms with Crippen LogP contribution in [0.5, 0.6) is 0 Å². The summed E-state index contributed by atoms with van der Waals surface area (Å²) in [6, 6.07) is 5.70. The van der Waals surface area contributed by atoms with E-state index in [0.717, 1.165) is 12.1 Å². The molecule has 0 aliphatic heterocycles. The quantitative estimate of drug-likeness (QED) is 0.624. The fourth-order valence-corrected chi connectivity index (χ4v) is 1.64. The summed E-state index contributed by atoms with van der Waals surface area (Å²) in [6.07, 6.45) is 0. The summed E-state index contributed by atoms with van der Waals surface area (Å²) in [7, 11) is 2.04. The van der Waals surface area contributed by atoms with Gasteiger partial charge in [-0.2, -0.15) is 0 Å². The maximum absolute atomic E-state index is 10.9. The van der Waals surface area contributed by atoms with Crippen LogP contribution in [0.2, 0.25) is 0 Å². The third-order valence-electron chi connectivity index (χ3n) is 2.94. The van der Waals surface area contributed by atoms with E-state index in [2.05, 4.69) is 24.1 Å². The van der Waals surface area contributed by atoms with Gasteiger partial charge in [0.15, 0.2) is 0 Å². The van der Waals surface area contributed by atoms with Crippen molar-refractivity contribution in [3.8, 4) is 0 Å². The molecule has 18 heavy (non-hydrogen) atoms. The van der Waals surface area contributed by atoms with Gasteiger partial charge in [-0.1, -0.05) is 6.07 Å². The highest BCUT2D eigenvalue weighted by Gasteiger charge is 2.14. The maximum Gasteiger partial charge on any atom is 0.292 e. The molecule has 5 nitrogen and oxygen atoms in total. The van der Waals surface area contributed by atoms with Crippen LogP contribution in [0.1, 0.15) is 26.3 Å². The standard InChI is InChI=1S/C13H21N3O2/c1-5-14-12-8-11(9-15(4)10(2)3)6-7-13(12)16(17)18/h6-8,10,14H,5,9H2,1-4H3. The Bertz CT molecular complexity index is 419. The number of hydrogen-bond donors (Lipinski definition) is 1. The minimum absolute atomic E-state index is 0.132. The molecule has 1 aromatic carbocycles. The molecule has 1 rings (SSSR count). The molecule has 0 spiro atoms. The van der Waals surface area contributed by atoms with Gasteiger partial charge in [-0.25, -0.2) is 0 Å². The Hall–Kier alpha value is -1.62. The van der Waals surface area contributed by atoms with Crippen LogP contribution in [0, 0.1) is 10.1 Å². The van der Waals surface area contributed by atoms with Crippen LogP contribution < -0.4 is 5.32 Å². The number of nitro benzene ring substituents is 1. The molecule has 0 heterocycles. The normalized spacial score (nSPS) is 11.0. The number of rotatable bonds is 6. The predicted octanol–water partition coefficient (Wildman–Crippen LogP) is 2.87. The molecule has 0 atom stereocenters. The van der Waals surface area contributed by atoms with Gasteiger partial charge >= 0.3 is 0 Å². The van der Waals surface area contributed by atoms with E-state index >= 15 is 0 Å². The van der Waals surface area contributed by atoms with E-state index < -0.39 is 0 Å². The van der Waals surface area contributed by atoms with Gasteiger partial charge in [-0.3, -0.25) is 15.0 Å². The van der Waals surface area contributed by atoms with Gasteiger partial charge < -0.3 is 5.32 Å². The van der Waals surface area contributed by atoms with Crippen LogP contribution in [0.25, 0.3) is 0 Å². The Balaban J connectivity index is 2.96. The molecule has 0 bridgehead atoms. The number of hydrogen-bond acceptors (Lipinski definition) is 4. The minimum atomic E-state index is -0.353. The van der Waals surface area contributed by atoms with Crippen LogP contribution in [-0.2, 0) is 6.54 Å². The summed E-state index contributed by atoms with van der Waals surface area (Å²) >= 11 is 0. The van der Waals surface area contributed by atoms with Crippen LogP contribution in [0.15, 0.2) is 18.2 Å². The summed E-state index contributed by atoms with van der Waals surface area (Å²) in [6.45, 7) is 7.63. The number of nitrogens with one attached hydrogen (secondary N) is 1. The molecule has 1 aromatic rings. The highest BCUT2D eigenvalue weighted by molar-refractivity contribution is 5.62. The average molecular weight is 251 g/mol. The lowest BCUT2D eigenvalue weighted by molar-refractivity contribution is -0.384. The van der Waals surface area contributed by atoms with Gasteiger partial charge in [0.05, 0.1) is 4.92 Å². The van der Waals surface area contributed by atoms with Gasteiger partial charge in [0.2, 0.25) is 0 Å². The summed E-state index contributed by atoms with van der Waals surface area (Å²) in [5.74, 6) is 0. The molecule has 0 fully saturated rings. The lowest BCUT2D eigenvalue weighted by Crippen LogP contribution is -2.25. The molecule has 100 valence electrons. The lowest BCUT2D eigenvalue weighted by Gasteiger charge is -2.21. The Labute approximate surface area is 108 Å². The fraction of sp³-hybridized carbons (Fsp3) is 0.538. The zero-order chi connectivity index (χ0) is 13.7. The number of nitro groups is 1. The average Bonchev–Trinajstić information content (AvgIpc) is 2.29. The molecule has 0 aromatic heterocycles. The molecule has 0 saturated carbocycles. The second-order valence-corrected chi connectivity index (χ2v) is 4.65. The van der Waals surface area contributed by atoms with Crippen molar-refractivity contribution in [2.45, 2.75) is 33.4 Å². The first kappa shape index (κ1) is 14.4. The van der Waals surface area contributed by atoms with Gasteiger partial charge in [0.25, 0.3) is 5.69 Å². The molecule has 0 saturated heterocycles. The van der Waals surface area contributed by atoms with E-state index in [1.54, 1.807) is 6.07 Å². The van der Waals surface area contributed by atoms with Crippen LogP contribution in [0.3, 0.4) is 0 Å². The Kier molecular flexibility index (Phi) is 5.09. The minimum Gasteiger partial charge on any atom is -0.380 e. The third-order valence-corrected chi connectivity index (χ3v) is 2.94. The van der Waals surface area contributed by atoms with E-state index in [4.69, 9.17) is 0 Å². The maximum atomic E-state index is 10.9. The van der Waals surface area contributed by atoms with Crippen molar-refractivity contribution in [1.29, 1.82) is 0 Å². The van der Waals surface area contributed by atoms with Crippen molar-refractivity contribution in [2.24, 2.45) is 0 Å². The number of benzene rings is 1. The molecular formula is C13H21N3O2. The Morgan fingerprint density at radius 3 is 2.61 bits per heavy atom. The fourth-order valence-electron chi connectivity index (χ4n) is 1.64. The van der Waals surface area contributed by atoms with Crippen LogP contribution >= 0.6 is 0 Å². The monoisotopic (exact) mass is 251 g/mol. The first-order valence-electron chi connectivity index (χ1n) is 6.17. The predicted molar refractivity (Wildman–Crippen MR) is 73.9 cm³/mol. The first-order chi connectivity index (χ1) is 8.45. The summed E-state index contributed by atoms with van der Waals surface area (Å²) < 4.78 is 0. The van der Waals surface area contributed by atoms with Crippen molar-refractivity contribution in [3.63, 3.8) is 0 Å². The van der Waals surface area contributed by atoms with Crippen LogP contribution in [-0.4, -0.2) is 29.5 Å². The van der Waals surface area contributed by atoms with E-state index in [9.17, 15) is 10.1 Å². The molecule has 5 heteroatoms. The zero-order valence-corrected chi connectivity index (χ0v) is 11.4. The van der Waals surface area contributed by atoms with Crippen molar-refractivity contribution in [2.75, 3.05) is 18.9 Å². The highest BCUT2D eigenvalue weighted by Crippen LogP contribution is 2.25. The van der Waals surface area contributed by atoms with E-state index in [-0.39, 0.29) is 10.6 Å².